The summed E-state index contributed by atoms with van der Waals surface area (Å²) in [6.07, 6.45) is 0.480. The molecule has 1 aliphatic heterocycles. The maximum Gasteiger partial charge on any atom is 0.255 e. The first-order valence-corrected chi connectivity index (χ1v) is 11.4. The van der Waals surface area contributed by atoms with Gasteiger partial charge in [0, 0.05) is 36.8 Å². The normalized spacial score (nSPS) is 18.3. The van der Waals surface area contributed by atoms with Crippen LogP contribution in [0.4, 0.5) is 5.69 Å². The van der Waals surface area contributed by atoms with Crippen LogP contribution in [0, 0.1) is 0 Å². The molecule has 0 N–H and O–H groups in total. The average Bonchev–Trinajstić information content (AvgIpc) is 2.99. The lowest BCUT2D eigenvalue weighted by Gasteiger charge is -2.29. The lowest BCUT2D eigenvalue weighted by molar-refractivity contribution is 0.0680. The van der Waals surface area contributed by atoms with Gasteiger partial charge in [0.05, 0.1) is 17.1 Å². The van der Waals surface area contributed by atoms with Crippen molar-refractivity contribution in [2.75, 3.05) is 30.5 Å². The molecule has 0 bridgehead atoms. The Labute approximate surface area is 169 Å². The summed E-state index contributed by atoms with van der Waals surface area (Å²) < 4.78 is 24.7. The van der Waals surface area contributed by atoms with Gasteiger partial charge in [-0.05, 0) is 52.2 Å². The summed E-state index contributed by atoms with van der Waals surface area (Å²) in [4.78, 5) is 17.0. The van der Waals surface area contributed by atoms with E-state index in [-0.39, 0.29) is 23.5 Å². The number of carbonyl (C=O) groups excluding carboxylic acids is 1. The number of sulfone groups is 1. The van der Waals surface area contributed by atoms with Crippen molar-refractivity contribution in [1.82, 2.24) is 4.90 Å². The van der Waals surface area contributed by atoms with Crippen molar-refractivity contribution < 1.29 is 13.2 Å². The molecule has 0 radical (unpaired) electrons. The summed E-state index contributed by atoms with van der Waals surface area (Å²) >= 11 is 3.44. The highest BCUT2D eigenvalue weighted by Crippen LogP contribution is 2.25. The number of anilines is 1. The molecule has 1 aliphatic rings. The quantitative estimate of drug-likeness (QED) is 0.700. The Morgan fingerprint density at radius 3 is 2.33 bits per heavy atom. The van der Waals surface area contributed by atoms with Gasteiger partial charge in [-0.3, -0.25) is 4.79 Å². The lowest BCUT2D eigenvalue weighted by Crippen LogP contribution is -2.40. The van der Waals surface area contributed by atoms with Crippen LogP contribution < -0.4 is 4.90 Å². The van der Waals surface area contributed by atoms with Gasteiger partial charge in [-0.1, -0.05) is 24.3 Å². The number of carbonyl (C=O) groups is 1. The molecule has 1 heterocycles. The minimum absolute atomic E-state index is 0.0268. The molecule has 1 saturated heterocycles. The summed E-state index contributed by atoms with van der Waals surface area (Å²) in [5.41, 5.74) is 2.60. The van der Waals surface area contributed by atoms with Gasteiger partial charge >= 0.3 is 0 Å². The Hall–Kier alpha value is -1.86. The van der Waals surface area contributed by atoms with Gasteiger partial charge in [0.25, 0.3) is 5.91 Å². The number of hydrogen-bond donors (Lipinski definition) is 0. The van der Waals surface area contributed by atoms with Crippen LogP contribution >= 0.6 is 15.9 Å². The van der Waals surface area contributed by atoms with Gasteiger partial charge in [0.2, 0.25) is 0 Å². The van der Waals surface area contributed by atoms with Crippen LogP contribution in [0.3, 0.4) is 0 Å². The molecule has 2 aromatic carbocycles. The zero-order valence-electron chi connectivity index (χ0n) is 15.4. The van der Waals surface area contributed by atoms with E-state index in [1.54, 1.807) is 11.0 Å². The fraction of sp³-hybridized carbons (Fsp3) is 0.350. The predicted octanol–water partition coefficient (Wildman–Crippen LogP) is 3.34. The van der Waals surface area contributed by atoms with Crippen LogP contribution in [0.5, 0.6) is 0 Å². The molecule has 1 fully saturated rings. The first kappa shape index (κ1) is 19.9. The molecule has 1 amide bonds. The standard InChI is InChI=1S/C20H23BrN2O3S/c1-22(2)16-9-7-15(8-10-16)13-23(17-11-12-27(25,26)14-17)20(24)18-5-3-4-6-19(18)21/h3-10,17H,11-14H2,1-2H3/t17-/m0/s1. The largest absolute Gasteiger partial charge is 0.378 e. The third kappa shape index (κ3) is 4.71. The molecule has 144 valence electrons. The van der Waals surface area contributed by atoms with E-state index in [1.807, 2.05) is 61.5 Å². The van der Waals surface area contributed by atoms with Gasteiger partial charge in [0.15, 0.2) is 9.84 Å². The first-order chi connectivity index (χ1) is 12.8. The van der Waals surface area contributed by atoms with Crippen molar-refractivity contribution in [3.8, 4) is 0 Å². The molecule has 2 aromatic rings. The fourth-order valence-electron chi connectivity index (χ4n) is 3.27. The molecule has 0 aromatic heterocycles. The highest BCUT2D eigenvalue weighted by atomic mass is 79.9. The highest BCUT2D eigenvalue weighted by molar-refractivity contribution is 9.10. The maximum atomic E-state index is 13.2. The van der Waals surface area contributed by atoms with Crippen molar-refractivity contribution in [3.63, 3.8) is 0 Å². The van der Waals surface area contributed by atoms with E-state index < -0.39 is 9.84 Å². The van der Waals surface area contributed by atoms with Crippen molar-refractivity contribution in [1.29, 1.82) is 0 Å². The van der Waals surface area contributed by atoms with Gasteiger partial charge in [-0.2, -0.15) is 0 Å². The topological polar surface area (TPSA) is 57.7 Å². The molecular weight excluding hydrogens is 428 g/mol. The Morgan fingerprint density at radius 1 is 1.11 bits per heavy atom. The zero-order valence-corrected chi connectivity index (χ0v) is 17.8. The molecule has 5 nitrogen and oxygen atoms in total. The van der Waals surface area contributed by atoms with Crippen molar-refractivity contribution in [3.05, 3.63) is 64.1 Å². The van der Waals surface area contributed by atoms with Crippen LogP contribution in [-0.4, -0.2) is 50.9 Å². The van der Waals surface area contributed by atoms with E-state index in [0.717, 1.165) is 11.3 Å². The molecule has 0 saturated carbocycles. The van der Waals surface area contributed by atoms with Crippen LogP contribution in [0.1, 0.15) is 22.3 Å². The second-order valence-corrected chi connectivity index (χ2v) is 10.1. The van der Waals surface area contributed by atoms with Crippen LogP contribution in [0.25, 0.3) is 0 Å². The molecule has 0 spiro atoms. The minimum atomic E-state index is -3.09. The summed E-state index contributed by atoms with van der Waals surface area (Å²) in [5.74, 6) is 0.0110. The summed E-state index contributed by atoms with van der Waals surface area (Å²) in [6, 6.07) is 14.9. The fourth-order valence-corrected chi connectivity index (χ4v) is 5.46. The molecule has 3 rings (SSSR count). The lowest BCUT2D eigenvalue weighted by atomic mass is 10.1. The van der Waals surface area contributed by atoms with E-state index in [4.69, 9.17) is 0 Å². The zero-order chi connectivity index (χ0) is 19.6. The molecule has 27 heavy (non-hydrogen) atoms. The Kier molecular flexibility index (Phi) is 5.91. The van der Waals surface area contributed by atoms with Crippen LogP contribution in [0.15, 0.2) is 53.0 Å². The van der Waals surface area contributed by atoms with Crippen molar-refractivity contribution in [2.45, 2.75) is 19.0 Å². The second kappa shape index (κ2) is 8.02. The number of amides is 1. The van der Waals surface area contributed by atoms with E-state index in [2.05, 4.69) is 15.9 Å². The highest BCUT2D eigenvalue weighted by Gasteiger charge is 2.35. The number of rotatable bonds is 5. The third-order valence-electron chi connectivity index (χ3n) is 4.82. The summed E-state index contributed by atoms with van der Waals surface area (Å²) in [6.45, 7) is 0.383. The van der Waals surface area contributed by atoms with Crippen LogP contribution in [0.2, 0.25) is 0 Å². The molecular formula is C20H23BrN2O3S. The van der Waals surface area contributed by atoms with Crippen molar-refractivity contribution >= 4 is 37.4 Å². The molecule has 1 atom stereocenters. The van der Waals surface area contributed by atoms with E-state index in [9.17, 15) is 13.2 Å². The predicted molar refractivity (Wildman–Crippen MR) is 112 cm³/mol. The number of benzene rings is 2. The third-order valence-corrected chi connectivity index (χ3v) is 7.26. The first-order valence-electron chi connectivity index (χ1n) is 8.79. The number of nitrogens with zero attached hydrogens (tertiary/aromatic N) is 2. The van der Waals surface area contributed by atoms with Gasteiger partial charge in [-0.25, -0.2) is 8.42 Å². The SMILES string of the molecule is CN(C)c1ccc(CN(C(=O)c2ccccc2Br)[C@H]2CCS(=O)(=O)C2)cc1. The maximum absolute atomic E-state index is 13.2. The van der Waals surface area contributed by atoms with Gasteiger partial charge in [-0.15, -0.1) is 0 Å². The average molecular weight is 451 g/mol. The smallest absolute Gasteiger partial charge is 0.255 e. The summed E-state index contributed by atoms with van der Waals surface area (Å²) in [7, 11) is 0.858. The molecule has 7 heteroatoms. The van der Waals surface area contributed by atoms with Gasteiger partial charge in [0.1, 0.15) is 0 Å². The molecule has 0 unspecified atom stereocenters. The van der Waals surface area contributed by atoms with E-state index in [0.29, 0.717) is 23.0 Å². The Balaban J connectivity index is 1.90. The second-order valence-electron chi connectivity index (χ2n) is 7.03. The monoisotopic (exact) mass is 450 g/mol. The minimum Gasteiger partial charge on any atom is -0.378 e. The van der Waals surface area contributed by atoms with E-state index >= 15 is 0 Å². The van der Waals surface area contributed by atoms with Crippen molar-refractivity contribution in [2.24, 2.45) is 0 Å². The number of hydrogen-bond acceptors (Lipinski definition) is 4. The number of halogens is 1. The summed E-state index contributed by atoms with van der Waals surface area (Å²) in [5, 5.41) is 0. The van der Waals surface area contributed by atoms with Crippen LogP contribution in [-0.2, 0) is 16.4 Å². The Morgan fingerprint density at radius 2 is 1.78 bits per heavy atom. The van der Waals surface area contributed by atoms with E-state index in [1.165, 1.54) is 0 Å². The van der Waals surface area contributed by atoms with Gasteiger partial charge < -0.3 is 9.80 Å². The Bertz CT molecular complexity index is 926. The molecule has 0 aliphatic carbocycles.